The number of epoxide rings is 1. The Morgan fingerprint density at radius 3 is 2.17 bits per heavy atom. The molecule has 0 aromatic heterocycles. The van der Waals surface area contributed by atoms with E-state index >= 15 is 0 Å². The third kappa shape index (κ3) is 2.96. The largest absolute Gasteiger partial charge is 0.503 e. The van der Waals surface area contributed by atoms with Crippen LogP contribution in [0.2, 0.25) is 6.04 Å². The molecule has 1 saturated heterocycles. The standard InChI is InChI=1S/C13H26O4Si/c1-4-14-18(15-5-2,16-6-3)11-13-10-8-7-9-12(13)17-13/h12H,4-11H2,1-3H3. The van der Waals surface area contributed by atoms with Crippen molar-refractivity contribution in [2.45, 2.75) is 64.2 Å². The molecular weight excluding hydrogens is 248 g/mol. The number of hydrogen-bond donors (Lipinski definition) is 0. The van der Waals surface area contributed by atoms with Crippen molar-refractivity contribution in [3.05, 3.63) is 0 Å². The number of rotatable bonds is 8. The Morgan fingerprint density at radius 2 is 1.67 bits per heavy atom. The third-order valence-corrected chi connectivity index (χ3v) is 7.05. The van der Waals surface area contributed by atoms with E-state index in [0.29, 0.717) is 25.9 Å². The van der Waals surface area contributed by atoms with Gasteiger partial charge in [-0.3, -0.25) is 0 Å². The van der Waals surface area contributed by atoms with Gasteiger partial charge in [0.1, 0.15) is 0 Å². The van der Waals surface area contributed by atoms with Crippen LogP contribution in [0.1, 0.15) is 46.5 Å². The molecule has 0 bridgehead atoms. The van der Waals surface area contributed by atoms with Gasteiger partial charge in [0, 0.05) is 25.9 Å². The fraction of sp³-hybridized carbons (Fsp3) is 1.00. The molecule has 1 saturated carbocycles. The maximum atomic E-state index is 5.95. The van der Waals surface area contributed by atoms with Crippen molar-refractivity contribution in [3.8, 4) is 0 Å². The van der Waals surface area contributed by atoms with E-state index in [0.717, 1.165) is 12.5 Å². The fourth-order valence-corrected chi connectivity index (χ4v) is 6.19. The maximum absolute atomic E-state index is 5.95. The molecule has 1 aliphatic heterocycles. The molecule has 0 amide bonds. The molecule has 5 heteroatoms. The molecule has 1 heterocycles. The van der Waals surface area contributed by atoms with E-state index in [2.05, 4.69) is 0 Å². The molecule has 0 aromatic rings. The molecule has 2 aliphatic rings. The summed E-state index contributed by atoms with van der Waals surface area (Å²) in [6.45, 7) is 7.95. The van der Waals surface area contributed by atoms with Gasteiger partial charge in [0.25, 0.3) is 0 Å². The summed E-state index contributed by atoms with van der Waals surface area (Å²) in [7, 11) is -2.54. The van der Waals surface area contributed by atoms with E-state index < -0.39 is 8.80 Å². The summed E-state index contributed by atoms with van der Waals surface area (Å²) in [5.74, 6) is 0. The predicted molar refractivity (Wildman–Crippen MR) is 71.5 cm³/mol. The second-order valence-electron chi connectivity index (χ2n) is 5.08. The average molecular weight is 274 g/mol. The topological polar surface area (TPSA) is 40.2 Å². The highest BCUT2D eigenvalue weighted by Gasteiger charge is 2.63. The molecule has 0 radical (unpaired) electrons. The second-order valence-corrected chi connectivity index (χ2v) is 7.66. The van der Waals surface area contributed by atoms with Gasteiger partial charge in [0.15, 0.2) is 0 Å². The lowest BCUT2D eigenvalue weighted by molar-refractivity contribution is 0.0635. The minimum absolute atomic E-state index is 0.0178. The monoisotopic (exact) mass is 274 g/mol. The molecule has 106 valence electrons. The van der Waals surface area contributed by atoms with Gasteiger partial charge in [-0.2, -0.15) is 0 Å². The van der Waals surface area contributed by atoms with Crippen molar-refractivity contribution >= 4 is 8.80 Å². The van der Waals surface area contributed by atoms with Crippen molar-refractivity contribution in [3.63, 3.8) is 0 Å². The highest BCUT2D eigenvalue weighted by atomic mass is 28.4. The van der Waals surface area contributed by atoms with Crippen molar-refractivity contribution in [2.24, 2.45) is 0 Å². The van der Waals surface area contributed by atoms with Crippen molar-refractivity contribution < 1.29 is 18.0 Å². The first-order chi connectivity index (χ1) is 8.70. The third-order valence-electron chi connectivity index (χ3n) is 3.83. The van der Waals surface area contributed by atoms with Crippen LogP contribution in [0.4, 0.5) is 0 Å². The Kier molecular flexibility index (Phi) is 4.83. The Morgan fingerprint density at radius 1 is 1.06 bits per heavy atom. The van der Waals surface area contributed by atoms with Gasteiger partial charge in [0.05, 0.1) is 11.7 Å². The summed E-state index contributed by atoms with van der Waals surface area (Å²) in [6.07, 6.45) is 5.30. The van der Waals surface area contributed by atoms with Gasteiger partial charge in [0.2, 0.25) is 0 Å². The molecule has 0 N–H and O–H groups in total. The van der Waals surface area contributed by atoms with Gasteiger partial charge in [-0.25, -0.2) is 0 Å². The second kappa shape index (κ2) is 6.01. The highest BCUT2D eigenvalue weighted by molar-refractivity contribution is 6.61. The summed E-state index contributed by atoms with van der Waals surface area (Å²) in [5, 5.41) is 0. The minimum atomic E-state index is -2.54. The summed E-state index contributed by atoms with van der Waals surface area (Å²) in [4.78, 5) is 0. The summed E-state index contributed by atoms with van der Waals surface area (Å²) in [6, 6.07) is 0.834. The van der Waals surface area contributed by atoms with E-state index in [4.69, 9.17) is 18.0 Å². The van der Waals surface area contributed by atoms with Crippen LogP contribution in [0, 0.1) is 0 Å². The maximum Gasteiger partial charge on any atom is 0.503 e. The van der Waals surface area contributed by atoms with Crippen LogP contribution in [-0.4, -0.2) is 40.3 Å². The molecule has 0 spiro atoms. The fourth-order valence-electron chi connectivity index (χ4n) is 3.09. The van der Waals surface area contributed by atoms with Gasteiger partial charge in [-0.1, -0.05) is 12.8 Å². The van der Waals surface area contributed by atoms with E-state index in [1.807, 2.05) is 20.8 Å². The van der Waals surface area contributed by atoms with Gasteiger partial charge in [-0.15, -0.1) is 0 Å². The Labute approximate surface area is 111 Å². The van der Waals surface area contributed by atoms with Crippen LogP contribution >= 0.6 is 0 Å². The zero-order valence-electron chi connectivity index (χ0n) is 11.9. The molecule has 18 heavy (non-hydrogen) atoms. The van der Waals surface area contributed by atoms with Crippen LogP contribution in [0.15, 0.2) is 0 Å². The molecule has 2 fully saturated rings. The summed E-state index contributed by atoms with van der Waals surface area (Å²) >= 11 is 0. The lowest BCUT2D eigenvalue weighted by Crippen LogP contribution is -2.50. The van der Waals surface area contributed by atoms with Crippen molar-refractivity contribution in [1.29, 1.82) is 0 Å². The molecule has 2 unspecified atom stereocenters. The van der Waals surface area contributed by atoms with Crippen molar-refractivity contribution in [2.75, 3.05) is 19.8 Å². The number of ether oxygens (including phenoxy) is 1. The first-order valence-corrected chi connectivity index (χ1v) is 9.23. The first-order valence-electron chi connectivity index (χ1n) is 7.30. The molecule has 2 rings (SSSR count). The molecule has 0 aromatic carbocycles. The lowest BCUT2D eigenvalue weighted by Gasteiger charge is -2.31. The van der Waals surface area contributed by atoms with E-state index in [1.165, 1.54) is 19.3 Å². The summed E-state index contributed by atoms with van der Waals surface area (Å²) in [5.41, 5.74) is 0.0178. The Balaban J connectivity index is 2.03. The van der Waals surface area contributed by atoms with Crippen LogP contribution < -0.4 is 0 Å². The van der Waals surface area contributed by atoms with Gasteiger partial charge in [-0.05, 0) is 33.6 Å². The Bertz CT molecular complexity index is 257. The van der Waals surface area contributed by atoms with Gasteiger partial charge >= 0.3 is 8.80 Å². The van der Waals surface area contributed by atoms with Crippen molar-refractivity contribution in [1.82, 2.24) is 0 Å². The Hall–Kier alpha value is 0.0569. The lowest BCUT2D eigenvalue weighted by atomic mass is 9.91. The van der Waals surface area contributed by atoms with Crippen LogP contribution in [0.3, 0.4) is 0 Å². The number of fused-ring (bicyclic) bond motifs is 1. The van der Waals surface area contributed by atoms with E-state index in [1.54, 1.807) is 0 Å². The normalized spacial score (nSPS) is 31.2. The smallest absolute Gasteiger partial charge is 0.374 e. The van der Waals surface area contributed by atoms with Gasteiger partial charge < -0.3 is 18.0 Å². The molecular formula is C13H26O4Si. The quantitative estimate of drug-likeness (QED) is 0.504. The van der Waals surface area contributed by atoms with Crippen LogP contribution in [0.5, 0.6) is 0 Å². The summed E-state index contributed by atoms with van der Waals surface area (Å²) < 4.78 is 23.7. The molecule has 2 atom stereocenters. The number of hydrogen-bond acceptors (Lipinski definition) is 4. The first kappa shape index (κ1) is 14.5. The highest BCUT2D eigenvalue weighted by Crippen LogP contribution is 2.52. The SMILES string of the molecule is CCO[Si](CC12CCCCC1O2)(OCC)OCC. The average Bonchev–Trinajstić information content (AvgIpc) is 3.03. The predicted octanol–water partition coefficient (Wildman–Crippen LogP) is 2.75. The van der Waals surface area contributed by atoms with E-state index in [9.17, 15) is 0 Å². The van der Waals surface area contributed by atoms with E-state index in [-0.39, 0.29) is 5.60 Å². The molecule has 4 nitrogen and oxygen atoms in total. The zero-order valence-corrected chi connectivity index (χ0v) is 12.9. The molecule has 1 aliphatic carbocycles. The van der Waals surface area contributed by atoms with Crippen LogP contribution in [-0.2, 0) is 18.0 Å². The minimum Gasteiger partial charge on any atom is -0.374 e. The van der Waals surface area contributed by atoms with Crippen LogP contribution in [0.25, 0.3) is 0 Å². The zero-order chi connectivity index (χ0) is 13.1.